The smallest absolute Gasteiger partial charge is 0.224 e. The van der Waals surface area contributed by atoms with Crippen molar-refractivity contribution in [1.82, 2.24) is 0 Å². The first-order valence-electron chi connectivity index (χ1n) is 8.22. The van der Waals surface area contributed by atoms with Crippen LogP contribution in [-0.2, 0) is 11.2 Å². The van der Waals surface area contributed by atoms with Crippen LogP contribution in [0.15, 0.2) is 36.4 Å². The SMILES string of the molecule is COc1cc2c(cc1OC)C(CC(=O)Nc1cccc(C)c1)CC2. The quantitative estimate of drug-likeness (QED) is 0.901. The molecule has 3 rings (SSSR count). The minimum absolute atomic E-state index is 0.0493. The third-order valence-electron chi connectivity index (χ3n) is 4.58. The molecule has 0 fully saturated rings. The number of carbonyl (C=O) groups excluding carboxylic acids is 1. The average molecular weight is 325 g/mol. The second-order valence-corrected chi connectivity index (χ2v) is 6.26. The number of carbonyl (C=O) groups is 1. The second-order valence-electron chi connectivity index (χ2n) is 6.26. The van der Waals surface area contributed by atoms with Crippen molar-refractivity contribution in [2.75, 3.05) is 19.5 Å². The van der Waals surface area contributed by atoms with Crippen LogP contribution in [0.5, 0.6) is 11.5 Å². The van der Waals surface area contributed by atoms with Gasteiger partial charge >= 0.3 is 0 Å². The third kappa shape index (κ3) is 3.37. The Morgan fingerprint density at radius 2 is 1.92 bits per heavy atom. The molecule has 2 aromatic rings. The molecular weight excluding hydrogens is 302 g/mol. The summed E-state index contributed by atoms with van der Waals surface area (Å²) in [7, 11) is 3.28. The number of hydrogen-bond donors (Lipinski definition) is 1. The van der Waals surface area contributed by atoms with Crippen molar-refractivity contribution in [2.24, 2.45) is 0 Å². The van der Waals surface area contributed by atoms with Gasteiger partial charge in [0.1, 0.15) is 0 Å². The fourth-order valence-corrected chi connectivity index (χ4v) is 3.39. The minimum Gasteiger partial charge on any atom is -0.493 e. The summed E-state index contributed by atoms with van der Waals surface area (Å²) < 4.78 is 10.8. The Bertz CT molecular complexity index is 755. The topological polar surface area (TPSA) is 47.6 Å². The molecular formula is C20H23NO3. The number of anilines is 1. The Kier molecular flexibility index (Phi) is 4.74. The number of amides is 1. The molecule has 0 heterocycles. The highest BCUT2D eigenvalue weighted by atomic mass is 16.5. The molecule has 0 spiro atoms. The first-order chi connectivity index (χ1) is 11.6. The zero-order valence-corrected chi connectivity index (χ0v) is 14.4. The standard InChI is InChI=1S/C20H23NO3/c1-13-5-4-6-16(9-13)21-20(22)11-15-8-7-14-10-18(23-2)19(24-3)12-17(14)15/h4-6,9-10,12,15H,7-8,11H2,1-3H3,(H,21,22). The molecule has 0 aromatic heterocycles. The summed E-state index contributed by atoms with van der Waals surface area (Å²) in [6.45, 7) is 2.02. The largest absolute Gasteiger partial charge is 0.493 e. The number of aryl methyl sites for hydroxylation is 2. The molecule has 4 nitrogen and oxygen atoms in total. The average Bonchev–Trinajstić information content (AvgIpc) is 2.95. The van der Waals surface area contributed by atoms with Crippen molar-refractivity contribution < 1.29 is 14.3 Å². The van der Waals surface area contributed by atoms with Crippen LogP contribution >= 0.6 is 0 Å². The summed E-state index contributed by atoms with van der Waals surface area (Å²) in [6, 6.07) is 11.9. The van der Waals surface area contributed by atoms with Gasteiger partial charge in [0.05, 0.1) is 14.2 Å². The highest BCUT2D eigenvalue weighted by Crippen LogP contribution is 2.41. The van der Waals surface area contributed by atoms with Crippen LogP contribution in [0.2, 0.25) is 0 Å². The van der Waals surface area contributed by atoms with E-state index >= 15 is 0 Å². The van der Waals surface area contributed by atoms with E-state index in [1.165, 1.54) is 11.1 Å². The number of methoxy groups -OCH3 is 2. The fourth-order valence-electron chi connectivity index (χ4n) is 3.39. The van der Waals surface area contributed by atoms with E-state index in [0.717, 1.165) is 35.6 Å². The molecule has 2 aromatic carbocycles. The molecule has 126 valence electrons. The van der Waals surface area contributed by atoms with Crippen molar-refractivity contribution in [3.63, 3.8) is 0 Å². The first-order valence-corrected chi connectivity index (χ1v) is 8.22. The molecule has 1 amide bonds. The van der Waals surface area contributed by atoms with Gasteiger partial charge in [-0.25, -0.2) is 0 Å². The summed E-state index contributed by atoms with van der Waals surface area (Å²) in [5.41, 5.74) is 4.44. The van der Waals surface area contributed by atoms with Crippen molar-refractivity contribution in [1.29, 1.82) is 0 Å². The van der Waals surface area contributed by atoms with Crippen molar-refractivity contribution in [3.05, 3.63) is 53.1 Å². The monoisotopic (exact) mass is 325 g/mol. The fraction of sp³-hybridized carbons (Fsp3) is 0.350. The van der Waals surface area contributed by atoms with E-state index in [0.29, 0.717) is 6.42 Å². The highest BCUT2D eigenvalue weighted by Gasteiger charge is 2.27. The number of fused-ring (bicyclic) bond motifs is 1. The Balaban J connectivity index is 1.73. The lowest BCUT2D eigenvalue weighted by atomic mass is 9.97. The van der Waals surface area contributed by atoms with Gasteiger partial charge in [-0.3, -0.25) is 4.79 Å². The number of ether oxygens (including phenoxy) is 2. The van der Waals surface area contributed by atoms with Crippen LogP contribution < -0.4 is 14.8 Å². The predicted octanol–water partition coefficient (Wildman–Crippen LogP) is 4.07. The van der Waals surface area contributed by atoms with Gasteiger partial charge in [-0.1, -0.05) is 12.1 Å². The van der Waals surface area contributed by atoms with Crippen LogP contribution in [0.4, 0.5) is 5.69 Å². The van der Waals surface area contributed by atoms with Crippen molar-refractivity contribution in [2.45, 2.75) is 32.1 Å². The van der Waals surface area contributed by atoms with E-state index in [1.807, 2.05) is 43.3 Å². The molecule has 0 radical (unpaired) electrons. The van der Waals surface area contributed by atoms with E-state index in [9.17, 15) is 4.79 Å². The van der Waals surface area contributed by atoms with E-state index < -0.39 is 0 Å². The van der Waals surface area contributed by atoms with Crippen LogP contribution in [0.25, 0.3) is 0 Å². The zero-order valence-electron chi connectivity index (χ0n) is 14.4. The van der Waals surface area contributed by atoms with Crippen LogP contribution in [0.1, 0.15) is 35.4 Å². The van der Waals surface area contributed by atoms with Crippen molar-refractivity contribution in [3.8, 4) is 11.5 Å². The Hall–Kier alpha value is -2.49. The molecule has 1 N–H and O–H groups in total. The number of benzene rings is 2. The lowest BCUT2D eigenvalue weighted by Crippen LogP contribution is -2.14. The summed E-state index contributed by atoms with van der Waals surface area (Å²) in [6.07, 6.45) is 2.43. The number of nitrogens with one attached hydrogen (secondary N) is 1. The van der Waals surface area contributed by atoms with Gasteiger partial charge in [0.15, 0.2) is 11.5 Å². The molecule has 1 unspecified atom stereocenters. The summed E-state index contributed by atoms with van der Waals surface area (Å²) >= 11 is 0. The lowest BCUT2D eigenvalue weighted by molar-refractivity contribution is -0.116. The van der Waals surface area contributed by atoms with Gasteiger partial charge in [0.25, 0.3) is 0 Å². The maximum atomic E-state index is 12.4. The Morgan fingerprint density at radius 3 is 2.62 bits per heavy atom. The Morgan fingerprint density at radius 1 is 1.17 bits per heavy atom. The summed E-state index contributed by atoms with van der Waals surface area (Å²) in [5, 5.41) is 3.00. The Labute approximate surface area is 142 Å². The molecule has 24 heavy (non-hydrogen) atoms. The van der Waals surface area contributed by atoms with Gasteiger partial charge in [-0.05, 0) is 66.6 Å². The van der Waals surface area contributed by atoms with Gasteiger partial charge in [0, 0.05) is 12.1 Å². The van der Waals surface area contributed by atoms with Crippen molar-refractivity contribution >= 4 is 11.6 Å². The molecule has 1 aliphatic rings. The van der Waals surface area contributed by atoms with Gasteiger partial charge in [-0.2, -0.15) is 0 Å². The maximum Gasteiger partial charge on any atom is 0.224 e. The minimum atomic E-state index is 0.0493. The first kappa shape index (κ1) is 16.4. The second kappa shape index (κ2) is 6.95. The van der Waals surface area contributed by atoms with Gasteiger partial charge < -0.3 is 14.8 Å². The summed E-state index contributed by atoms with van der Waals surface area (Å²) in [4.78, 5) is 12.4. The molecule has 0 bridgehead atoms. The maximum absolute atomic E-state index is 12.4. The van der Waals surface area contributed by atoms with E-state index in [1.54, 1.807) is 14.2 Å². The van der Waals surface area contributed by atoms with Gasteiger partial charge in [-0.15, -0.1) is 0 Å². The van der Waals surface area contributed by atoms with Crippen LogP contribution in [0, 0.1) is 6.92 Å². The predicted molar refractivity (Wildman–Crippen MR) is 95.0 cm³/mol. The molecule has 1 atom stereocenters. The van der Waals surface area contributed by atoms with E-state index in [-0.39, 0.29) is 11.8 Å². The normalized spacial score (nSPS) is 15.7. The zero-order chi connectivity index (χ0) is 17.1. The highest BCUT2D eigenvalue weighted by molar-refractivity contribution is 5.91. The number of rotatable bonds is 5. The van der Waals surface area contributed by atoms with Gasteiger partial charge in [0.2, 0.25) is 5.91 Å². The molecule has 4 heteroatoms. The van der Waals surface area contributed by atoms with Crippen LogP contribution in [-0.4, -0.2) is 20.1 Å². The number of hydrogen-bond acceptors (Lipinski definition) is 3. The van der Waals surface area contributed by atoms with E-state index in [2.05, 4.69) is 5.32 Å². The molecule has 0 saturated carbocycles. The van der Waals surface area contributed by atoms with E-state index in [4.69, 9.17) is 9.47 Å². The lowest BCUT2D eigenvalue weighted by Gasteiger charge is -2.15. The molecule has 0 saturated heterocycles. The molecule has 0 aliphatic heterocycles. The van der Waals surface area contributed by atoms with Crippen LogP contribution in [0.3, 0.4) is 0 Å². The third-order valence-corrected chi connectivity index (χ3v) is 4.58. The summed E-state index contributed by atoms with van der Waals surface area (Å²) in [5.74, 6) is 1.75. The molecule has 1 aliphatic carbocycles.